The molecule has 0 saturated heterocycles. The van der Waals surface area contributed by atoms with Crippen molar-refractivity contribution >= 4 is 21.4 Å². The first-order valence-electron chi connectivity index (χ1n) is 5.45. The van der Waals surface area contributed by atoms with E-state index in [9.17, 15) is 18.5 Å². The van der Waals surface area contributed by atoms with Crippen molar-refractivity contribution in [1.29, 1.82) is 0 Å². The Labute approximate surface area is 111 Å². The van der Waals surface area contributed by atoms with E-state index in [1.807, 2.05) is 0 Å². The molecule has 0 spiro atoms. The molecule has 3 N–H and O–H groups in total. The maximum Gasteiger partial charge on any atom is 0.291 e. The van der Waals surface area contributed by atoms with Crippen molar-refractivity contribution in [3.8, 4) is 0 Å². The maximum absolute atomic E-state index is 12.3. The molecule has 1 rings (SSSR count). The van der Waals surface area contributed by atoms with Crippen molar-refractivity contribution in [2.75, 3.05) is 12.5 Å². The second-order valence-electron chi connectivity index (χ2n) is 4.20. The first kappa shape index (κ1) is 15.3. The fourth-order valence-electron chi connectivity index (χ4n) is 1.40. The molecule has 0 saturated carbocycles. The first-order valence-corrected chi connectivity index (χ1v) is 6.89. The number of nitrogen functional groups attached to an aromatic ring is 1. The minimum atomic E-state index is -3.92. The predicted molar refractivity (Wildman–Crippen MR) is 71.0 cm³/mol. The van der Waals surface area contributed by atoms with Crippen LogP contribution in [-0.2, 0) is 10.0 Å². The average molecular weight is 288 g/mol. The molecule has 0 unspecified atom stereocenters. The standard InChI is InChI=1S/C10H16N4O4S/c1-7(2)13(3)19(17,18)10-5-4-8(12-11)6-9(10)14(15)16/h4-7,12H,11H2,1-3H3. The normalized spacial score (nSPS) is 11.9. The highest BCUT2D eigenvalue weighted by Gasteiger charge is 2.31. The Hall–Kier alpha value is -1.71. The summed E-state index contributed by atoms with van der Waals surface area (Å²) in [5, 5.41) is 11.0. The van der Waals surface area contributed by atoms with Crippen LogP contribution in [0.5, 0.6) is 0 Å². The number of nitrogens with one attached hydrogen (secondary N) is 1. The monoisotopic (exact) mass is 288 g/mol. The molecular weight excluding hydrogens is 272 g/mol. The number of hydrogen-bond donors (Lipinski definition) is 2. The van der Waals surface area contributed by atoms with Crippen LogP contribution in [0.2, 0.25) is 0 Å². The number of hydrazine groups is 1. The Morgan fingerprint density at radius 2 is 2.00 bits per heavy atom. The SMILES string of the molecule is CC(C)N(C)S(=O)(=O)c1ccc(NN)cc1[N+](=O)[O-]. The van der Waals surface area contributed by atoms with Crippen LogP contribution in [0.4, 0.5) is 11.4 Å². The smallest absolute Gasteiger partial charge is 0.291 e. The second kappa shape index (κ2) is 5.51. The van der Waals surface area contributed by atoms with Crippen molar-refractivity contribution in [2.45, 2.75) is 24.8 Å². The van der Waals surface area contributed by atoms with E-state index < -0.39 is 20.6 Å². The third-order valence-corrected chi connectivity index (χ3v) is 4.79. The van der Waals surface area contributed by atoms with Gasteiger partial charge < -0.3 is 5.43 Å². The molecule has 0 bridgehead atoms. The molecule has 0 heterocycles. The van der Waals surface area contributed by atoms with E-state index in [0.717, 1.165) is 10.4 Å². The largest absolute Gasteiger partial charge is 0.324 e. The van der Waals surface area contributed by atoms with Gasteiger partial charge in [-0.15, -0.1) is 0 Å². The number of nitro benzene ring substituents is 1. The topological polar surface area (TPSA) is 119 Å². The summed E-state index contributed by atoms with van der Waals surface area (Å²) < 4.78 is 25.6. The number of sulfonamides is 1. The van der Waals surface area contributed by atoms with Crippen LogP contribution in [0.1, 0.15) is 13.8 Å². The van der Waals surface area contributed by atoms with E-state index in [-0.39, 0.29) is 16.6 Å². The molecule has 0 aliphatic heterocycles. The zero-order valence-electron chi connectivity index (χ0n) is 10.8. The minimum Gasteiger partial charge on any atom is -0.324 e. The van der Waals surface area contributed by atoms with Gasteiger partial charge in [-0.1, -0.05) is 0 Å². The van der Waals surface area contributed by atoms with Crippen molar-refractivity contribution in [2.24, 2.45) is 5.84 Å². The van der Waals surface area contributed by atoms with E-state index in [2.05, 4.69) is 5.43 Å². The van der Waals surface area contributed by atoms with Crippen LogP contribution in [-0.4, -0.2) is 30.7 Å². The second-order valence-corrected chi connectivity index (χ2v) is 6.16. The maximum atomic E-state index is 12.3. The van der Waals surface area contributed by atoms with Crippen LogP contribution in [0, 0.1) is 10.1 Å². The highest BCUT2D eigenvalue weighted by molar-refractivity contribution is 7.89. The van der Waals surface area contributed by atoms with Gasteiger partial charge in [0.15, 0.2) is 4.90 Å². The number of hydrogen-bond acceptors (Lipinski definition) is 6. The van der Waals surface area contributed by atoms with Crippen LogP contribution < -0.4 is 11.3 Å². The summed E-state index contributed by atoms with van der Waals surface area (Å²) in [7, 11) is -2.54. The predicted octanol–water partition coefficient (Wildman–Crippen LogP) is 0.909. The number of nitro groups is 1. The summed E-state index contributed by atoms with van der Waals surface area (Å²) in [5.41, 5.74) is 1.99. The summed E-state index contributed by atoms with van der Waals surface area (Å²) in [4.78, 5) is 9.88. The Kier molecular flexibility index (Phi) is 4.45. The average Bonchev–Trinajstić information content (AvgIpc) is 2.36. The molecule has 9 heteroatoms. The van der Waals surface area contributed by atoms with Crippen molar-refractivity contribution in [1.82, 2.24) is 4.31 Å². The van der Waals surface area contributed by atoms with Gasteiger partial charge in [0.1, 0.15) is 0 Å². The number of nitrogens with two attached hydrogens (primary N) is 1. The van der Waals surface area contributed by atoms with Crippen molar-refractivity contribution in [3.05, 3.63) is 28.3 Å². The Morgan fingerprint density at radius 1 is 1.42 bits per heavy atom. The van der Waals surface area contributed by atoms with E-state index in [1.165, 1.54) is 19.2 Å². The number of benzene rings is 1. The Morgan fingerprint density at radius 3 is 2.42 bits per heavy atom. The lowest BCUT2D eigenvalue weighted by Crippen LogP contribution is -2.33. The van der Waals surface area contributed by atoms with Gasteiger partial charge in [-0.2, -0.15) is 4.31 Å². The van der Waals surface area contributed by atoms with Gasteiger partial charge in [0, 0.05) is 19.2 Å². The van der Waals surface area contributed by atoms with Gasteiger partial charge >= 0.3 is 0 Å². The van der Waals surface area contributed by atoms with E-state index in [1.54, 1.807) is 13.8 Å². The Bertz CT molecular complexity index is 585. The molecule has 8 nitrogen and oxygen atoms in total. The summed E-state index contributed by atoms with van der Waals surface area (Å²) in [6.07, 6.45) is 0. The van der Waals surface area contributed by atoms with Gasteiger partial charge in [0.25, 0.3) is 5.69 Å². The lowest BCUT2D eigenvalue weighted by molar-refractivity contribution is -0.387. The zero-order valence-corrected chi connectivity index (χ0v) is 11.6. The molecule has 0 fully saturated rings. The van der Waals surface area contributed by atoms with Crippen molar-refractivity contribution < 1.29 is 13.3 Å². The van der Waals surface area contributed by atoms with E-state index in [0.29, 0.717) is 0 Å². The van der Waals surface area contributed by atoms with E-state index in [4.69, 9.17) is 5.84 Å². The molecule has 0 aliphatic rings. The summed E-state index contributed by atoms with van der Waals surface area (Å²) in [6, 6.07) is 3.31. The van der Waals surface area contributed by atoms with Gasteiger partial charge in [0.2, 0.25) is 10.0 Å². The van der Waals surface area contributed by atoms with Crippen LogP contribution in [0.15, 0.2) is 23.1 Å². The van der Waals surface area contributed by atoms with Gasteiger partial charge in [-0.25, -0.2) is 8.42 Å². The molecule has 106 valence electrons. The zero-order chi connectivity index (χ0) is 14.8. The quantitative estimate of drug-likeness (QED) is 0.472. The van der Waals surface area contributed by atoms with Crippen LogP contribution in [0.25, 0.3) is 0 Å². The summed E-state index contributed by atoms with van der Waals surface area (Å²) in [6.45, 7) is 3.36. The fourth-order valence-corrected chi connectivity index (χ4v) is 2.90. The lowest BCUT2D eigenvalue weighted by atomic mass is 10.3. The number of anilines is 1. The number of rotatable bonds is 5. The molecule has 0 amide bonds. The minimum absolute atomic E-state index is 0.262. The highest BCUT2D eigenvalue weighted by Crippen LogP contribution is 2.29. The third kappa shape index (κ3) is 3.00. The van der Waals surface area contributed by atoms with Crippen LogP contribution in [0.3, 0.4) is 0 Å². The van der Waals surface area contributed by atoms with Gasteiger partial charge in [-0.05, 0) is 26.0 Å². The molecule has 1 aromatic carbocycles. The molecule has 0 aromatic heterocycles. The molecule has 1 aromatic rings. The number of nitrogens with zero attached hydrogens (tertiary/aromatic N) is 2. The van der Waals surface area contributed by atoms with Crippen molar-refractivity contribution in [3.63, 3.8) is 0 Å². The van der Waals surface area contributed by atoms with Gasteiger partial charge in [-0.3, -0.25) is 16.0 Å². The highest BCUT2D eigenvalue weighted by atomic mass is 32.2. The van der Waals surface area contributed by atoms with E-state index >= 15 is 0 Å². The summed E-state index contributed by atoms with van der Waals surface area (Å²) in [5.74, 6) is 5.15. The van der Waals surface area contributed by atoms with Crippen LogP contribution >= 0.6 is 0 Å². The molecular formula is C10H16N4O4S. The van der Waals surface area contributed by atoms with Gasteiger partial charge in [0.05, 0.1) is 10.6 Å². The fraction of sp³-hybridized carbons (Fsp3) is 0.400. The third-order valence-electron chi connectivity index (χ3n) is 2.71. The summed E-state index contributed by atoms with van der Waals surface area (Å²) >= 11 is 0. The first-order chi connectivity index (χ1) is 8.71. The Balaban J connectivity index is 3.46. The molecule has 0 atom stereocenters. The lowest BCUT2D eigenvalue weighted by Gasteiger charge is -2.20. The molecule has 0 aliphatic carbocycles. The molecule has 0 radical (unpaired) electrons. The molecule has 19 heavy (non-hydrogen) atoms.